The van der Waals surface area contributed by atoms with Crippen LogP contribution in [0.5, 0.6) is 5.75 Å². The van der Waals surface area contributed by atoms with E-state index in [1.807, 2.05) is 0 Å². The lowest BCUT2D eigenvalue weighted by Gasteiger charge is -2.18. The lowest BCUT2D eigenvalue weighted by molar-refractivity contribution is -0.0370. The van der Waals surface area contributed by atoms with Gasteiger partial charge in [0, 0.05) is 6.54 Å². The molecule has 0 saturated carbocycles. The topological polar surface area (TPSA) is 38.3 Å². The second-order valence-corrected chi connectivity index (χ2v) is 4.45. The van der Waals surface area contributed by atoms with E-state index >= 15 is 0 Å². The Morgan fingerprint density at radius 1 is 1.26 bits per heavy atom. The molecule has 0 aliphatic carbocycles. The van der Waals surface area contributed by atoms with Crippen molar-refractivity contribution in [1.82, 2.24) is 5.32 Å². The Balaban J connectivity index is 2.37. The quantitative estimate of drug-likeness (QED) is 0.674. The van der Waals surface area contributed by atoms with E-state index in [1.165, 1.54) is 0 Å². The number of halogens is 5. The summed E-state index contributed by atoms with van der Waals surface area (Å²) < 4.78 is 67.0. The van der Waals surface area contributed by atoms with Crippen LogP contribution in [0.1, 0.15) is 15.9 Å². The normalized spacial score (nSPS) is 14.9. The number of amides is 1. The molecule has 0 fully saturated rings. The molecule has 0 aromatic heterocycles. The largest absolute Gasteiger partial charge is 0.479 e. The number of alkyl halides is 3. The minimum atomic E-state index is -4.74. The second-order valence-electron chi connectivity index (χ2n) is 3.66. The van der Waals surface area contributed by atoms with Gasteiger partial charge in [-0.25, -0.2) is 4.39 Å². The lowest BCUT2D eigenvalue weighted by Crippen LogP contribution is -2.33. The zero-order valence-electron chi connectivity index (χ0n) is 9.11. The summed E-state index contributed by atoms with van der Waals surface area (Å²) >= 11 is -0.946. The molecule has 1 aliphatic heterocycles. The molecule has 1 aromatic carbocycles. The van der Waals surface area contributed by atoms with Crippen molar-refractivity contribution in [3.8, 4) is 5.75 Å². The highest BCUT2D eigenvalue weighted by atomic mass is 32.2. The van der Waals surface area contributed by atoms with Crippen molar-refractivity contribution < 1.29 is 30.9 Å². The van der Waals surface area contributed by atoms with Crippen LogP contribution in [0.3, 0.4) is 0 Å². The molecular weight excluding hydrogens is 293 g/mol. The number of carbonyl (C=O) groups excluding carboxylic acids is 1. The number of hydrogen-bond donors (Lipinski definition) is 1. The van der Waals surface area contributed by atoms with E-state index in [4.69, 9.17) is 0 Å². The molecule has 0 spiro atoms. The maximum Gasteiger partial charge on any atom is 0.479 e. The summed E-state index contributed by atoms with van der Waals surface area (Å²) in [5.41, 5.74) is -5.12. The summed E-state index contributed by atoms with van der Waals surface area (Å²) in [4.78, 5) is 11.3. The van der Waals surface area contributed by atoms with Gasteiger partial charge in [-0.2, -0.15) is 17.6 Å². The molecule has 0 atom stereocenters. The van der Waals surface area contributed by atoms with Crippen LogP contribution in [-0.2, 0) is 6.42 Å². The molecule has 3 nitrogen and oxygen atoms in total. The first-order chi connectivity index (χ1) is 8.79. The molecule has 0 unspecified atom stereocenters. The van der Waals surface area contributed by atoms with E-state index in [0.29, 0.717) is 0 Å². The summed E-state index contributed by atoms with van der Waals surface area (Å²) in [6.07, 6.45) is 0.186. The minimum Gasteiger partial charge on any atom is -0.414 e. The van der Waals surface area contributed by atoms with Crippen LogP contribution in [0, 0.1) is 11.6 Å². The molecule has 1 aromatic rings. The van der Waals surface area contributed by atoms with Crippen molar-refractivity contribution in [3.05, 3.63) is 28.8 Å². The molecule has 19 heavy (non-hydrogen) atoms. The predicted molar refractivity (Wildman–Crippen MR) is 56.7 cm³/mol. The number of fused-ring (bicyclic) bond motifs is 1. The second kappa shape index (κ2) is 4.87. The van der Waals surface area contributed by atoms with E-state index in [0.717, 1.165) is 6.07 Å². The van der Waals surface area contributed by atoms with Crippen molar-refractivity contribution in [3.63, 3.8) is 0 Å². The zero-order chi connectivity index (χ0) is 14.2. The Bertz CT molecular complexity index is 532. The van der Waals surface area contributed by atoms with Gasteiger partial charge in [-0.05, 0) is 18.1 Å². The van der Waals surface area contributed by atoms with Gasteiger partial charge >= 0.3 is 5.51 Å². The Morgan fingerprint density at radius 3 is 2.58 bits per heavy atom. The number of rotatable bonds is 2. The van der Waals surface area contributed by atoms with Crippen LogP contribution in [0.15, 0.2) is 6.07 Å². The molecule has 1 aliphatic rings. The van der Waals surface area contributed by atoms with Gasteiger partial charge in [0.05, 0.1) is 5.56 Å². The number of nitrogens with one attached hydrogen (secondary N) is 1. The van der Waals surface area contributed by atoms with Crippen molar-refractivity contribution in [2.75, 3.05) is 6.54 Å². The van der Waals surface area contributed by atoms with Gasteiger partial charge in [0.15, 0.2) is 23.6 Å². The predicted octanol–water partition coefficient (Wildman–Crippen LogP) is 2.80. The molecule has 0 bridgehead atoms. The summed E-state index contributed by atoms with van der Waals surface area (Å²) in [6.45, 7) is 0.197. The highest BCUT2D eigenvalue weighted by Gasteiger charge is 2.33. The monoisotopic (exact) mass is 299 g/mol. The molecule has 1 heterocycles. The van der Waals surface area contributed by atoms with E-state index in [9.17, 15) is 26.7 Å². The van der Waals surface area contributed by atoms with Crippen molar-refractivity contribution in [1.29, 1.82) is 0 Å². The number of hydrogen-bond acceptors (Lipinski definition) is 3. The molecule has 1 N–H and O–H groups in total. The first kappa shape index (κ1) is 13.9. The summed E-state index contributed by atoms with van der Waals surface area (Å²) in [5, 5.41) is 2.31. The molecule has 104 valence electrons. The van der Waals surface area contributed by atoms with Gasteiger partial charge in [0.25, 0.3) is 5.91 Å². The van der Waals surface area contributed by atoms with Crippen molar-refractivity contribution >= 4 is 17.9 Å². The first-order valence-electron chi connectivity index (χ1n) is 5.01. The van der Waals surface area contributed by atoms with Crippen LogP contribution in [-0.4, -0.2) is 18.0 Å². The average Bonchev–Trinajstić information content (AvgIpc) is 2.31. The van der Waals surface area contributed by atoms with Crippen LogP contribution < -0.4 is 9.50 Å². The fourth-order valence-electron chi connectivity index (χ4n) is 1.65. The van der Waals surface area contributed by atoms with Crippen LogP contribution in [0.4, 0.5) is 22.0 Å². The highest BCUT2D eigenvalue weighted by molar-refractivity contribution is 7.95. The first-order valence-corrected chi connectivity index (χ1v) is 5.75. The highest BCUT2D eigenvalue weighted by Crippen LogP contribution is 2.36. The molecule has 0 saturated heterocycles. The number of benzene rings is 1. The van der Waals surface area contributed by atoms with Crippen LogP contribution in [0.25, 0.3) is 0 Å². The standard InChI is InChI=1S/C10H6F5NO2S/c11-7-5(18-19-10(13,14)15)3-4-1-2-16-9(17)6(4)8(7)12/h3H,1-2H2,(H,16,17). The van der Waals surface area contributed by atoms with E-state index in [1.54, 1.807) is 0 Å². The smallest absolute Gasteiger partial charge is 0.414 e. The minimum absolute atomic E-state index is 0.112. The van der Waals surface area contributed by atoms with Crippen LogP contribution in [0.2, 0.25) is 0 Å². The molecule has 1 amide bonds. The van der Waals surface area contributed by atoms with Crippen LogP contribution >= 0.6 is 12.0 Å². The summed E-state index contributed by atoms with van der Waals surface area (Å²) in [7, 11) is 0. The molecule has 9 heteroatoms. The number of carbonyl (C=O) groups is 1. The Kier molecular flexibility index (Phi) is 3.57. The maximum absolute atomic E-state index is 13.6. The lowest BCUT2D eigenvalue weighted by atomic mass is 9.99. The fourth-order valence-corrected chi connectivity index (χ4v) is 1.95. The Hall–Kier alpha value is -1.51. The Labute approximate surface area is 108 Å². The van der Waals surface area contributed by atoms with Gasteiger partial charge < -0.3 is 9.50 Å². The SMILES string of the molecule is O=C1NCCc2cc(OSC(F)(F)F)c(F)c(F)c21. The van der Waals surface area contributed by atoms with Gasteiger partial charge in [-0.3, -0.25) is 4.79 Å². The third-order valence-corrected chi connectivity index (χ3v) is 2.84. The van der Waals surface area contributed by atoms with Crippen molar-refractivity contribution in [2.45, 2.75) is 11.9 Å². The van der Waals surface area contributed by atoms with E-state index < -0.39 is 46.4 Å². The molecular formula is C10H6F5NO2S. The fraction of sp³-hybridized carbons (Fsp3) is 0.300. The van der Waals surface area contributed by atoms with Gasteiger partial charge in [-0.1, -0.05) is 0 Å². The molecule has 0 radical (unpaired) electrons. The maximum atomic E-state index is 13.6. The van der Waals surface area contributed by atoms with Gasteiger partial charge in [0.1, 0.15) is 0 Å². The average molecular weight is 299 g/mol. The third-order valence-electron chi connectivity index (χ3n) is 2.39. The zero-order valence-corrected chi connectivity index (χ0v) is 9.92. The molecule has 2 rings (SSSR count). The summed E-state index contributed by atoms with van der Waals surface area (Å²) in [6, 6.07) is 0.908. The van der Waals surface area contributed by atoms with Gasteiger partial charge in [0.2, 0.25) is 5.82 Å². The van der Waals surface area contributed by atoms with Gasteiger partial charge in [-0.15, -0.1) is 0 Å². The van der Waals surface area contributed by atoms with Crippen molar-refractivity contribution in [2.24, 2.45) is 0 Å². The summed E-state index contributed by atoms with van der Waals surface area (Å²) in [5.74, 6) is -4.80. The third kappa shape index (κ3) is 2.91. The Morgan fingerprint density at radius 2 is 1.95 bits per heavy atom. The van der Waals surface area contributed by atoms with E-state index in [-0.39, 0.29) is 18.5 Å². The van der Waals surface area contributed by atoms with E-state index in [2.05, 4.69) is 9.50 Å².